The standard InChI is InChI=1S/C10H9N3O.C2H6/c1-8-2-3-9(6-12-8)13-5-4-11-7-10(13)14;1-2/h2-7H,1H3;1-2H3. The highest BCUT2D eigenvalue weighted by Crippen LogP contribution is 2.02. The summed E-state index contributed by atoms with van der Waals surface area (Å²) in [6, 6.07) is 3.71. The van der Waals surface area contributed by atoms with Gasteiger partial charge in [0.25, 0.3) is 5.56 Å². The lowest BCUT2D eigenvalue weighted by atomic mass is 10.3. The maximum Gasteiger partial charge on any atom is 0.273 e. The van der Waals surface area contributed by atoms with E-state index < -0.39 is 0 Å². The molecule has 2 aromatic heterocycles. The molecule has 84 valence electrons. The second-order valence-corrected chi connectivity index (χ2v) is 2.94. The molecule has 2 rings (SSSR count). The predicted molar refractivity (Wildman–Crippen MR) is 63.7 cm³/mol. The summed E-state index contributed by atoms with van der Waals surface area (Å²) < 4.78 is 1.50. The maximum absolute atomic E-state index is 11.4. The van der Waals surface area contributed by atoms with Crippen LogP contribution in [0.25, 0.3) is 5.69 Å². The van der Waals surface area contributed by atoms with Gasteiger partial charge in [-0.1, -0.05) is 13.8 Å². The van der Waals surface area contributed by atoms with E-state index in [2.05, 4.69) is 9.97 Å². The molecule has 0 bridgehead atoms. The van der Waals surface area contributed by atoms with Gasteiger partial charge in [-0.15, -0.1) is 0 Å². The van der Waals surface area contributed by atoms with Crippen LogP contribution >= 0.6 is 0 Å². The van der Waals surface area contributed by atoms with Crippen molar-refractivity contribution in [1.82, 2.24) is 14.5 Å². The van der Waals surface area contributed by atoms with Crippen LogP contribution in [-0.2, 0) is 0 Å². The van der Waals surface area contributed by atoms with Crippen LogP contribution in [0.15, 0.2) is 41.7 Å². The topological polar surface area (TPSA) is 47.8 Å². The third-order valence-electron chi connectivity index (χ3n) is 1.90. The van der Waals surface area contributed by atoms with E-state index in [0.717, 1.165) is 11.4 Å². The maximum atomic E-state index is 11.4. The average Bonchev–Trinajstić information content (AvgIpc) is 2.34. The number of hydrogen-bond donors (Lipinski definition) is 0. The van der Waals surface area contributed by atoms with Crippen molar-refractivity contribution >= 4 is 0 Å². The lowest BCUT2D eigenvalue weighted by Gasteiger charge is -2.03. The lowest BCUT2D eigenvalue weighted by molar-refractivity contribution is 0.943. The number of rotatable bonds is 1. The van der Waals surface area contributed by atoms with Crippen molar-refractivity contribution in [3.63, 3.8) is 0 Å². The molecule has 0 aliphatic rings. The number of nitrogens with zero attached hydrogens (tertiary/aromatic N) is 3. The van der Waals surface area contributed by atoms with Crippen molar-refractivity contribution in [3.05, 3.63) is 53.0 Å². The summed E-state index contributed by atoms with van der Waals surface area (Å²) in [5.41, 5.74) is 1.53. The van der Waals surface area contributed by atoms with Crippen LogP contribution in [0, 0.1) is 6.92 Å². The van der Waals surface area contributed by atoms with Gasteiger partial charge in [0.15, 0.2) is 0 Å². The minimum Gasteiger partial charge on any atom is -0.280 e. The summed E-state index contributed by atoms with van der Waals surface area (Å²) in [6.45, 7) is 5.90. The van der Waals surface area contributed by atoms with Crippen molar-refractivity contribution in [2.75, 3.05) is 0 Å². The molecule has 0 N–H and O–H groups in total. The smallest absolute Gasteiger partial charge is 0.273 e. The molecule has 0 fully saturated rings. The Bertz CT molecular complexity index is 488. The van der Waals surface area contributed by atoms with Crippen molar-refractivity contribution in [3.8, 4) is 5.69 Å². The van der Waals surface area contributed by atoms with Crippen molar-refractivity contribution < 1.29 is 0 Å². The molecule has 0 aromatic carbocycles. The summed E-state index contributed by atoms with van der Waals surface area (Å²) >= 11 is 0. The first-order valence-corrected chi connectivity index (χ1v) is 5.23. The fourth-order valence-corrected chi connectivity index (χ4v) is 1.16. The summed E-state index contributed by atoms with van der Waals surface area (Å²) in [5, 5.41) is 0. The third kappa shape index (κ3) is 2.76. The molecule has 0 saturated heterocycles. The number of aryl methyl sites for hydroxylation is 1. The van der Waals surface area contributed by atoms with E-state index in [4.69, 9.17) is 0 Å². The molecule has 0 unspecified atom stereocenters. The van der Waals surface area contributed by atoms with E-state index in [1.54, 1.807) is 18.6 Å². The first-order chi connectivity index (χ1) is 7.77. The molecule has 16 heavy (non-hydrogen) atoms. The highest BCUT2D eigenvalue weighted by Gasteiger charge is 1.97. The quantitative estimate of drug-likeness (QED) is 0.733. The molecular weight excluding hydrogens is 202 g/mol. The normalized spacial score (nSPS) is 9.19. The van der Waals surface area contributed by atoms with E-state index >= 15 is 0 Å². The van der Waals surface area contributed by atoms with Crippen LogP contribution in [0.5, 0.6) is 0 Å². The molecule has 0 atom stereocenters. The summed E-state index contributed by atoms with van der Waals surface area (Å²) in [4.78, 5) is 19.2. The van der Waals surface area contributed by atoms with Gasteiger partial charge in [0.1, 0.15) is 0 Å². The zero-order valence-corrected chi connectivity index (χ0v) is 9.71. The van der Waals surface area contributed by atoms with Crippen molar-refractivity contribution in [1.29, 1.82) is 0 Å². The highest BCUT2D eigenvalue weighted by atomic mass is 16.1. The van der Waals surface area contributed by atoms with E-state index in [1.807, 2.05) is 32.9 Å². The van der Waals surface area contributed by atoms with Gasteiger partial charge in [-0.25, -0.2) is 0 Å². The fourth-order valence-electron chi connectivity index (χ4n) is 1.16. The fraction of sp³-hybridized carbons (Fsp3) is 0.250. The Morgan fingerprint density at radius 1 is 1.19 bits per heavy atom. The average molecular weight is 217 g/mol. The molecule has 0 saturated carbocycles. The van der Waals surface area contributed by atoms with Gasteiger partial charge in [0, 0.05) is 18.1 Å². The molecule has 0 spiro atoms. The number of aromatic nitrogens is 3. The Balaban J connectivity index is 0.000000606. The third-order valence-corrected chi connectivity index (χ3v) is 1.90. The van der Waals surface area contributed by atoms with Gasteiger partial charge in [0.2, 0.25) is 0 Å². The second kappa shape index (κ2) is 5.80. The monoisotopic (exact) mass is 217 g/mol. The van der Waals surface area contributed by atoms with E-state index in [0.29, 0.717) is 0 Å². The van der Waals surface area contributed by atoms with Crippen LogP contribution in [-0.4, -0.2) is 14.5 Å². The van der Waals surface area contributed by atoms with Crippen LogP contribution < -0.4 is 5.56 Å². The van der Waals surface area contributed by atoms with Gasteiger partial charge in [-0.3, -0.25) is 19.3 Å². The summed E-state index contributed by atoms with van der Waals surface area (Å²) in [5.74, 6) is 0. The molecule has 0 amide bonds. The van der Waals surface area contributed by atoms with Crippen LogP contribution in [0.3, 0.4) is 0 Å². The van der Waals surface area contributed by atoms with E-state index in [1.165, 1.54) is 10.8 Å². The Kier molecular flexibility index (Phi) is 4.39. The second-order valence-electron chi connectivity index (χ2n) is 2.94. The van der Waals surface area contributed by atoms with Crippen molar-refractivity contribution in [2.45, 2.75) is 20.8 Å². The molecule has 0 radical (unpaired) electrons. The highest BCUT2D eigenvalue weighted by molar-refractivity contribution is 5.29. The van der Waals surface area contributed by atoms with Gasteiger partial charge in [-0.05, 0) is 19.1 Å². The summed E-state index contributed by atoms with van der Waals surface area (Å²) in [7, 11) is 0. The molecule has 4 heteroatoms. The zero-order chi connectivity index (χ0) is 12.0. The largest absolute Gasteiger partial charge is 0.280 e. The van der Waals surface area contributed by atoms with Gasteiger partial charge < -0.3 is 0 Å². The Morgan fingerprint density at radius 2 is 1.94 bits per heavy atom. The van der Waals surface area contributed by atoms with Gasteiger partial charge >= 0.3 is 0 Å². The SMILES string of the molecule is CC.Cc1ccc(-n2ccncc2=O)cn1. The minimum atomic E-state index is -0.154. The van der Waals surface area contributed by atoms with Crippen LogP contribution in [0.4, 0.5) is 0 Å². The number of hydrogen-bond acceptors (Lipinski definition) is 3. The van der Waals surface area contributed by atoms with Gasteiger partial charge in [-0.2, -0.15) is 0 Å². The first-order valence-electron chi connectivity index (χ1n) is 5.23. The Hall–Kier alpha value is -1.97. The molecule has 2 heterocycles. The van der Waals surface area contributed by atoms with Gasteiger partial charge in [0.05, 0.1) is 18.1 Å². The first kappa shape index (κ1) is 12.1. The molecule has 0 aliphatic heterocycles. The molecular formula is C12H15N3O. The number of pyridine rings is 1. The molecule has 2 aromatic rings. The zero-order valence-electron chi connectivity index (χ0n) is 9.71. The van der Waals surface area contributed by atoms with Crippen LogP contribution in [0.1, 0.15) is 19.5 Å². The Labute approximate surface area is 94.6 Å². The van der Waals surface area contributed by atoms with Crippen LogP contribution in [0.2, 0.25) is 0 Å². The minimum absolute atomic E-state index is 0.154. The van der Waals surface area contributed by atoms with Crippen molar-refractivity contribution in [2.24, 2.45) is 0 Å². The molecule has 0 aliphatic carbocycles. The van der Waals surface area contributed by atoms with E-state index in [-0.39, 0.29) is 5.56 Å². The predicted octanol–water partition coefficient (Wildman–Crippen LogP) is 1.96. The molecule has 4 nitrogen and oxygen atoms in total. The Morgan fingerprint density at radius 3 is 2.50 bits per heavy atom. The summed E-state index contributed by atoms with van der Waals surface area (Å²) in [6.07, 6.45) is 6.13. The lowest BCUT2D eigenvalue weighted by Crippen LogP contribution is -2.16. The van der Waals surface area contributed by atoms with E-state index in [9.17, 15) is 4.79 Å².